The van der Waals surface area contributed by atoms with Crippen LogP contribution in [-0.2, 0) is 4.74 Å². The molecule has 2 unspecified atom stereocenters. The van der Waals surface area contributed by atoms with Gasteiger partial charge in [0.25, 0.3) is 0 Å². The van der Waals surface area contributed by atoms with Crippen LogP contribution in [0.4, 0.5) is 0 Å². The SMILES string of the molecule is OCC(S)OC(S)CO. The van der Waals surface area contributed by atoms with E-state index in [1.54, 1.807) is 0 Å². The van der Waals surface area contributed by atoms with Crippen LogP contribution in [0.25, 0.3) is 0 Å². The molecular formula is C4H10O3S2. The van der Waals surface area contributed by atoms with Crippen molar-refractivity contribution in [1.29, 1.82) is 0 Å². The van der Waals surface area contributed by atoms with Crippen molar-refractivity contribution in [3.8, 4) is 0 Å². The smallest absolute Gasteiger partial charge is 0.125 e. The third-order valence-corrected chi connectivity index (χ3v) is 1.20. The zero-order chi connectivity index (χ0) is 7.28. The lowest BCUT2D eigenvalue weighted by Crippen LogP contribution is -2.19. The largest absolute Gasteiger partial charge is 0.393 e. The monoisotopic (exact) mass is 170 g/mol. The molecule has 0 saturated heterocycles. The third kappa shape index (κ3) is 5.05. The fourth-order valence-corrected chi connectivity index (χ4v) is 0.657. The van der Waals surface area contributed by atoms with Crippen LogP contribution in [0.1, 0.15) is 0 Å². The minimum absolute atomic E-state index is 0.180. The van der Waals surface area contributed by atoms with Gasteiger partial charge in [-0.15, -0.1) is 25.3 Å². The first-order chi connectivity index (χ1) is 4.20. The molecule has 0 fully saturated rings. The Morgan fingerprint density at radius 3 is 1.67 bits per heavy atom. The van der Waals surface area contributed by atoms with Crippen molar-refractivity contribution in [2.75, 3.05) is 13.2 Å². The second kappa shape index (κ2) is 5.37. The van der Waals surface area contributed by atoms with Gasteiger partial charge in [-0.1, -0.05) is 0 Å². The van der Waals surface area contributed by atoms with Gasteiger partial charge in [-0.25, -0.2) is 0 Å². The minimum Gasteiger partial charge on any atom is -0.393 e. The van der Waals surface area contributed by atoms with E-state index in [2.05, 4.69) is 25.3 Å². The van der Waals surface area contributed by atoms with Gasteiger partial charge in [-0.3, -0.25) is 0 Å². The van der Waals surface area contributed by atoms with E-state index >= 15 is 0 Å². The maximum absolute atomic E-state index is 8.36. The first-order valence-corrected chi connectivity index (χ1v) is 3.47. The van der Waals surface area contributed by atoms with Crippen LogP contribution in [0.3, 0.4) is 0 Å². The number of hydrogen-bond donors (Lipinski definition) is 4. The molecule has 0 spiro atoms. The molecule has 0 bridgehead atoms. The van der Waals surface area contributed by atoms with Crippen LogP contribution in [0.15, 0.2) is 0 Å². The average Bonchev–Trinajstić information content (AvgIpc) is 1.87. The van der Waals surface area contributed by atoms with Crippen LogP contribution in [0, 0.1) is 0 Å². The fraction of sp³-hybridized carbons (Fsp3) is 1.00. The Bertz CT molecular complexity index is 62.8. The molecule has 0 radical (unpaired) electrons. The van der Waals surface area contributed by atoms with E-state index in [9.17, 15) is 0 Å². The van der Waals surface area contributed by atoms with Crippen molar-refractivity contribution < 1.29 is 14.9 Å². The summed E-state index contributed by atoms with van der Waals surface area (Å²) in [5, 5.41) is 16.7. The van der Waals surface area contributed by atoms with Crippen molar-refractivity contribution in [2.45, 2.75) is 10.9 Å². The van der Waals surface area contributed by atoms with Gasteiger partial charge in [0.2, 0.25) is 0 Å². The number of hydrogen-bond acceptors (Lipinski definition) is 5. The van der Waals surface area contributed by atoms with Crippen LogP contribution in [0.5, 0.6) is 0 Å². The molecule has 0 aliphatic rings. The molecule has 0 amide bonds. The first kappa shape index (κ1) is 9.58. The highest BCUT2D eigenvalue weighted by atomic mass is 32.1. The third-order valence-electron chi connectivity index (χ3n) is 0.627. The van der Waals surface area contributed by atoms with Crippen LogP contribution in [-0.4, -0.2) is 34.3 Å². The quantitative estimate of drug-likeness (QED) is 0.340. The van der Waals surface area contributed by atoms with Gasteiger partial charge in [0, 0.05) is 0 Å². The van der Waals surface area contributed by atoms with Gasteiger partial charge in [-0.05, 0) is 0 Å². The van der Waals surface area contributed by atoms with Crippen molar-refractivity contribution in [1.82, 2.24) is 0 Å². The second-order valence-electron chi connectivity index (χ2n) is 1.41. The zero-order valence-electron chi connectivity index (χ0n) is 4.77. The lowest BCUT2D eigenvalue weighted by molar-refractivity contribution is 0.0281. The summed E-state index contributed by atoms with van der Waals surface area (Å²) in [4.78, 5) is 0. The van der Waals surface area contributed by atoms with Crippen molar-refractivity contribution >= 4 is 25.3 Å². The number of ether oxygens (including phenoxy) is 1. The summed E-state index contributed by atoms with van der Waals surface area (Å²) in [7, 11) is 0. The van der Waals surface area contributed by atoms with Gasteiger partial charge in [0.15, 0.2) is 0 Å². The molecule has 2 atom stereocenters. The van der Waals surface area contributed by atoms with E-state index in [0.717, 1.165) is 0 Å². The standard InChI is InChI=1S/C4H10O3S2/c5-1-3(8)7-4(9)2-6/h3-6,8-9H,1-2H2. The van der Waals surface area contributed by atoms with Crippen LogP contribution in [0.2, 0.25) is 0 Å². The van der Waals surface area contributed by atoms with E-state index in [4.69, 9.17) is 14.9 Å². The normalized spacial score (nSPS) is 17.3. The van der Waals surface area contributed by atoms with E-state index < -0.39 is 10.9 Å². The van der Waals surface area contributed by atoms with E-state index in [0.29, 0.717) is 0 Å². The molecule has 0 heterocycles. The Morgan fingerprint density at radius 2 is 1.44 bits per heavy atom. The number of aliphatic hydroxyl groups is 2. The molecule has 5 heteroatoms. The van der Waals surface area contributed by atoms with E-state index in [1.807, 2.05) is 0 Å². The van der Waals surface area contributed by atoms with Gasteiger partial charge < -0.3 is 14.9 Å². The van der Waals surface area contributed by atoms with Crippen molar-refractivity contribution in [3.63, 3.8) is 0 Å². The van der Waals surface area contributed by atoms with Crippen LogP contribution < -0.4 is 0 Å². The Hall–Kier alpha value is 0.580. The average molecular weight is 170 g/mol. The Labute approximate surface area is 64.8 Å². The molecule has 0 aliphatic carbocycles. The summed E-state index contributed by atoms with van der Waals surface area (Å²) >= 11 is 7.58. The molecule has 3 nitrogen and oxygen atoms in total. The molecule has 0 aromatic heterocycles. The summed E-state index contributed by atoms with van der Waals surface area (Å²) in [6.07, 6.45) is 0. The number of rotatable bonds is 4. The van der Waals surface area contributed by atoms with Gasteiger partial charge in [0.05, 0.1) is 13.2 Å². The lowest BCUT2D eigenvalue weighted by Gasteiger charge is -2.12. The predicted octanol–water partition coefficient (Wildman–Crippen LogP) is -0.501. The second-order valence-corrected chi connectivity index (χ2v) is 2.56. The molecule has 0 aromatic carbocycles. The van der Waals surface area contributed by atoms with Gasteiger partial charge >= 0.3 is 0 Å². The highest BCUT2D eigenvalue weighted by Crippen LogP contribution is 2.03. The molecule has 9 heavy (non-hydrogen) atoms. The highest BCUT2D eigenvalue weighted by molar-refractivity contribution is 7.81. The Morgan fingerprint density at radius 1 is 1.11 bits per heavy atom. The molecule has 56 valence electrons. The molecule has 0 rings (SSSR count). The highest BCUT2D eigenvalue weighted by Gasteiger charge is 2.06. The minimum atomic E-state index is -0.556. The fourth-order valence-electron chi connectivity index (χ4n) is 0.267. The number of thiol groups is 2. The molecule has 0 aromatic rings. The Kier molecular flexibility index (Phi) is 5.72. The topological polar surface area (TPSA) is 49.7 Å². The van der Waals surface area contributed by atoms with Crippen molar-refractivity contribution in [3.05, 3.63) is 0 Å². The number of aliphatic hydroxyl groups excluding tert-OH is 2. The maximum Gasteiger partial charge on any atom is 0.125 e. The van der Waals surface area contributed by atoms with E-state index in [1.165, 1.54) is 0 Å². The molecule has 0 aliphatic heterocycles. The van der Waals surface area contributed by atoms with Gasteiger partial charge in [0.1, 0.15) is 10.9 Å². The summed E-state index contributed by atoms with van der Waals surface area (Å²) in [5.74, 6) is 0. The molecular weight excluding hydrogens is 160 g/mol. The summed E-state index contributed by atoms with van der Waals surface area (Å²) in [6, 6.07) is 0. The lowest BCUT2D eigenvalue weighted by atomic mass is 10.7. The van der Waals surface area contributed by atoms with Gasteiger partial charge in [-0.2, -0.15) is 0 Å². The summed E-state index contributed by atoms with van der Waals surface area (Å²) < 4.78 is 4.78. The molecule has 0 saturated carbocycles. The zero-order valence-corrected chi connectivity index (χ0v) is 6.55. The summed E-state index contributed by atoms with van der Waals surface area (Å²) in [5.41, 5.74) is -1.11. The predicted molar refractivity (Wildman–Crippen MR) is 40.8 cm³/mol. The molecule has 2 N–H and O–H groups in total. The Balaban J connectivity index is 3.22. The van der Waals surface area contributed by atoms with Crippen LogP contribution >= 0.6 is 25.3 Å². The first-order valence-electron chi connectivity index (χ1n) is 2.44. The summed E-state index contributed by atoms with van der Waals surface area (Å²) in [6.45, 7) is -0.361. The van der Waals surface area contributed by atoms with E-state index in [-0.39, 0.29) is 13.2 Å². The van der Waals surface area contributed by atoms with Crippen molar-refractivity contribution in [2.24, 2.45) is 0 Å². The maximum atomic E-state index is 8.36.